The number of fused-ring (bicyclic) bond motifs is 1. The molecule has 30 heavy (non-hydrogen) atoms. The highest BCUT2D eigenvalue weighted by molar-refractivity contribution is 5.82. The van der Waals surface area contributed by atoms with Gasteiger partial charge in [0.2, 0.25) is 5.91 Å². The van der Waals surface area contributed by atoms with Gasteiger partial charge in [0.1, 0.15) is 0 Å². The van der Waals surface area contributed by atoms with Gasteiger partial charge in [-0.15, -0.1) is 10.2 Å². The zero-order valence-corrected chi connectivity index (χ0v) is 16.2. The minimum atomic E-state index is -4.48. The number of nitrogens with zero attached hydrogens (tertiary/aromatic N) is 3. The summed E-state index contributed by atoms with van der Waals surface area (Å²) in [6.45, 7) is 0.773. The number of pyridine rings is 1. The second-order valence-electron chi connectivity index (χ2n) is 7.44. The molecule has 0 radical (unpaired) electrons. The van der Waals surface area contributed by atoms with Crippen LogP contribution in [-0.4, -0.2) is 33.1 Å². The van der Waals surface area contributed by atoms with Crippen LogP contribution in [0.4, 0.5) is 13.2 Å². The van der Waals surface area contributed by atoms with Crippen molar-refractivity contribution in [1.82, 2.24) is 25.2 Å². The second-order valence-corrected chi connectivity index (χ2v) is 7.44. The predicted molar refractivity (Wildman–Crippen MR) is 105 cm³/mol. The number of alkyl halides is 3. The molecule has 2 atom stereocenters. The Bertz CT molecular complexity index is 1010. The molecule has 4 rings (SSSR count). The van der Waals surface area contributed by atoms with Gasteiger partial charge in [0, 0.05) is 6.20 Å². The smallest absolute Gasteiger partial charge is 0.345 e. The topological polar surface area (TPSA) is 71.3 Å². The molecule has 1 saturated heterocycles. The summed E-state index contributed by atoms with van der Waals surface area (Å²) in [6.07, 6.45) is -0.727. The maximum absolute atomic E-state index is 13.2. The van der Waals surface area contributed by atoms with E-state index in [-0.39, 0.29) is 11.9 Å². The first kappa shape index (κ1) is 20.3. The van der Waals surface area contributed by atoms with Crippen LogP contribution in [0.2, 0.25) is 0 Å². The molecule has 0 saturated carbocycles. The van der Waals surface area contributed by atoms with E-state index in [2.05, 4.69) is 20.8 Å². The van der Waals surface area contributed by atoms with Crippen LogP contribution in [0.5, 0.6) is 0 Å². The van der Waals surface area contributed by atoms with Crippen LogP contribution >= 0.6 is 0 Å². The first-order valence-corrected chi connectivity index (χ1v) is 9.91. The molecule has 3 aromatic rings. The van der Waals surface area contributed by atoms with Gasteiger partial charge in [-0.1, -0.05) is 30.3 Å². The van der Waals surface area contributed by atoms with E-state index in [1.54, 1.807) is 0 Å². The highest BCUT2D eigenvalue weighted by atomic mass is 19.4. The van der Waals surface area contributed by atoms with Crippen molar-refractivity contribution < 1.29 is 18.0 Å². The van der Waals surface area contributed by atoms with Crippen molar-refractivity contribution in [1.29, 1.82) is 0 Å². The Kier molecular flexibility index (Phi) is 5.72. The van der Waals surface area contributed by atoms with E-state index in [0.717, 1.165) is 37.2 Å². The minimum Gasteiger partial charge on any atom is -0.345 e. The maximum Gasteiger partial charge on any atom is 0.417 e. The summed E-state index contributed by atoms with van der Waals surface area (Å²) >= 11 is 0. The number of benzene rings is 1. The molecule has 1 unspecified atom stereocenters. The van der Waals surface area contributed by atoms with E-state index in [9.17, 15) is 18.0 Å². The van der Waals surface area contributed by atoms with E-state index < -0.39 is 17.8 Å². The van der Waals surface area contributed by atoms with E-state index >= 15 is 0 Å². The lowest BCUT2D eigenvalue weighted by Gasteiger charge is -2.20. The number of halogens is 3. The van der Waals surface area contributed by atoms with Crippen molar-refractivity contribution in [3.05, 3.63) is 65.6 Å². The highest BCUT2D eigenvalue weighted by Gasteiger charge is 2.32. The minimum absolute atomic E-state index is 0.172. The van der Waals surface area contributed by atoms with Gasteiger partial charge in [-0.3, -0.25) is 9.20 Å². The molecule has 1 aliphatic rings. The molecular formula is C21H22F3N5O. The Labute approximate surface area is 171 Å². The SMILES string of the molecule is O=C(N[C@H](CCc1ccccc1)c1nnc2ccc(C(F)(F)F)cn12)C1CCCN1. The molecule has 2 aromatic heterocycles. The Hall–Kier alpha value is -2.94. The third-order valence-corrected chi connectivity index (χ3v) is 5.33. The molecule has 1 aliphatic heterocycles. The van der Waals surface area contributed by atoms with E-state index in [0.29, 0.717) is 24.3 Å². The van der Waals surface area contributed by atoms with Gasteiger partial charge >= 0.3 is 6.18 Å². The van der Waals surface area contributed by atoms with Gasteiger partial charge in [0.15, 0.2) is 11.5 Å². The van der Waals surface area contributed by atoms with Gasteiger partial charge in [0.25, 0.3) is 0 Å². The van der Waals surface area contributed by atoms with Crippen molar-refractivity contribution in [3.8, 4) is 0 Å². The monoisotopic (exact) mass is 417 g/mol. The third kappa shape index (κ3) is 4.46. The molecule has 9 heteroatoms. The van der Waals surface area contributed by atoms with Crippen LogP contribution in [0.1, 0.15) is 42.3 Å². The molecule has 158 valence electrons. The number of hydrogen-bond donors (Lipinski definition) is 2. The van der Waals surface area contributed by atoms with E-state index in [1.165, 1.54) is 10.5 Å². The van der Waals surface area contributed by atoms with Crippen LogP contribution in [0.15, 0.2) is 48.7 Å². The number of rotatable bonds is 6. The number of aryl methyl sites for hydroxylation is 1. The van der Waals surface area contributed by atoms with Crippen LogP contribution in [0.25, 0.3) is 5.65 Å². The standard InChI is InChI=1S/C21H22F3N5O/c22-21(23,24)15-9-11-18-27-28-19(29(18)13-15)16(10-8-14-5-2-1-3-6-14)26-20(30)17-7-4-12-25-17/h1-3,5-6,9,11,13,16-17,25H,4,7-8,10,12H2,(H,26,30)/t16-,17?/m1/s1. The van der Waals surface area contributed by atoms with Gasteiger partial charge in [0.05, 0.1) is 17.6 Å². The molecule has 6 nitrogen and oxygen atoms in total. The fraction of sp³-hybridized carbons (Fsp3) is 0.381. The zero-order valence-electron chi connectivity index (χ0n) is 16.2. The molecule has 0 bridgehead atoms. The molecule has 0 aliphatic carbocycles. The van der Waals surface area contributed by atoms with Crippen molar-refractivity contribution >= 4 is 11.6 Å². The largest absolute Gasteiger partial charge is 0.417 e. The first-order chi connectivity index (χ1) is 14.4. The number of nitrogens with one attached hydrogen (secondary N) is 2. The summed E-state index contributed by atoms with van der Waals surface area (Å²) < 4.78 is 40.9. The Morgan fingerprint density at radius 1 is 1.20 bits per heavy atom. The number of carbonyl (C=O) groups excluding carboxylic acids is 1. The Morgan fingerprint density at radius 3 is 2.70 bits per heavy atom. The second kappa shape index (κ2) is 8.43. The van der Waals surface area contributed by atoms with Crippen molar-refractivity contribution in [2.75, 3.05) is 6.54 Å². The lowest BCUT2D eigenvalue weighted by atomic mass is 10.0. The molecule has 1 amide bonds. The van der Waals surface area contributed by atoms with Crippen LogP contribution < -0.4 is 10.6 Å². The Balaban J connectivity index is 1.64. The fourth-order valence-corrected chi connectivity index (χ4v) is 3.72. The lowest BCUT2D eigenvalue weighted by Crippen LogP contribution is -2.42. The van der Waals surface area contributed by atoms with Crippen molar-refractivity contribution in [2.24, 2.45) is 0 Å². The summed E-state index contributed by atoms with van der Waals surface area (Å²) in [7, 11) is 0. The summed E-state index contributed by atoms with van der Waals surface area (Å²) in [5.41, 5.74) is 0.582. The van der Waals surface area contributed by atoms with Gasteiger partial charge in [-0.25, -0.2) is 0 Å². The molecule has 1 fully saturated rings. The summed E-state index contributed by atoms with van der Waals surface area (Å²) in [5, 5.41) is 14.2. The van der Waals surface area contributed by atoms with E-state index in [1.807, 2.05) is 30.3 Å². The van der Waals surface area contributed by atoms with Gasteiger partial charge in [-0.2, -0.15) is 13.2 Å². The maximum atomic E-state index is 13.2. The van der Waals surface area contributed by atoms with Crippen molar-refractivity contribution in [2.45, 2.75) is 43.9 Å². The average molecular weight is 417 g/mol. The summed E-state index contributed by atoms with van der Waals surface area (Å²) in [6, 6.07) is 11.1. The van der Waals surface area contributed by atoms with Gasteiger partial charge in [-0.05, 0) is 49.9 Å². The number of carbonyl (C=O) groups is 1. The molecule has 2 N–H and O–H groups in total. The molecular weight excluding hydrogens is 395 g/mol. The molecule has 3 heterocycles. The van der Waals surface area contributed by atoms with E-state index in [4.69, 9.17) is 0 Å². The quantitative estimate of drug-likeness (QED) is 0.646. The average Bonchev–Trinajstić information content (AvgIpc) is 3.41. The molecule has 1 aromatic carbocycles. The summed E-state index contributed by atoms with van der Waals surface area (Å²) in [4.78, 5) is 12.7. The van der Waals surface area contributed by atoms with Crippen LogP contribution in [0, 0.1) is 0 Å². The normalized spacial score (nSPS) is 17.9. The predicted octanol–water partition coefficient (Wildman–Crippen LogP) is 3.29. The Morgan fingerprint density at radius 2 is 2.00 bits per heavy atom. The van der Waals surface area contributed by atoms with Crippen LogP contribution in [-0.2, 0) is 17.4 Å². The van der Waals surface area contributed by atoms with Crippen molar-refractivity contribution in [3.63, 3.8) is 0 Å². The number of aromatic nitrogens is 3. The zero-order chi connectivity index (χ0) is 21.1. The highest BCUT2D eigenvalue weighted by Crippen LogP contribution is 2.30. The fourth-order valence-electron chi connectivity index (χ4n) is 3.72. The number of amides is 1. The van der Waals surface area contributed by atoms with Crippen LogP contribution in [0.3, 0.4) is 0 Å². The summed E-state index contributed by atoms with van der Waals surface area (Å²) in [5.74, 6) is 0.118. The first-order valence-electron chi connectivity index (χ1n) is 9.91. The van der Waals surface area contributed by atoms with Gasteiger partial charge < -0.3 is 10.6 Å². The lowest BCUT2D eigenvalue weighted by molar-refractivity contribution is -0.137. The number of hydrogen-bond acceptors (Lipinski definition) is 4. The molecule has 0 spiro atoms. The third-order valence-electron chi connectivity index (χ3n) is 5.33.